The first-order valence-corrected chi connectivity index (χ1v) is 11.4. The number of allylic oxidation sites excluding steroid dienone is 3. The molecule has 2 rings (SSSR count). The second kappa shape index (κ2) is 14.0. The Labute approximate surface area is 213 Å². The van der Waals surface area contributed by atoms with Crippen molar-refractivity contribution in [1.29, 1.82) is 5.26 Å². The van der Waals surface area contributed by atoms with E-state index in [1.54, 1.807) is 55.7 Å². The third kappa shape index (κ3) is 7.78. The van der Waals surface area contributed by atoms with E-state index < -0.39 is 0 Å². The molecule has 184 valence electrons. The topological polar surface area (TPSA) is 55.0 Å². The van der Waals surface area contributed by atoms with Crippen molar-refractivity contribution in [2.75, 3.05) is 25.0 Å². The molecule has 0 bridgehead atoms. The van der Waals surface area contributed by atoms with Crippen molar-refractivity contribution in [3.63, 3.8) is 0 Å². The summed E-state index contributed by atoms with van der Waals surface area (Å²) in [5.41, 5.74) is 4.73. The molecule has 0 saturated carbocycles. The van der Waals surface area contributed by atoms with Crippen LogP contribution in [0.4, 0.5) is 10.1 Å². The van der Waals surface area contributed by atoms with Crippen molar-refractivity contribution in [3.8, 4) is 6.07 Å². The van der Waals surface area contributed by atoms with Crippen LogP contribution in [-0.2, 0) is 6.54 Å². The molecule has 2 aromatic rings. The van der Waals surface area contributed by atoms with Crippen LogP contribution >= 0.6 is 0 Å². The highest BCUT2D eigenvalue weighted by atomic mass is 19.1. The fourth-order valence-electron chi connectivity index (χ4n) is 3.39. The number of amidine groups is 1. The SMILES string of the molecule is C=CC(CN(CC(=NC)N(C=C)Cc1ccc(C#N)cc1)c1ccc(F)cc1)=N/C(C=C)=C(\C)C=C. The highest BCUT2D eigenvalue weighted by Crippen LogP contribution is 2.18. The first-order chi connectivity index (χ1) is 17.4. The quantitative estimate of drug-likeness (QED) is 0.199. The zero-order chi connectivity index (χ0) is 26.5. The van der Waals surface area contributed by atoms with Gasteiger partial charge in [-0.25, -0.2) is 4.39 Å². The van der Waals surface area contributed by atoms with Gasteiger partial charge in [0, 0.05) is 19.3 Å². The normalized spacial score (nSPS) is 12.2. The van der Waals surface area contributed by atoms with Crippen LogP contribution in [0.25, 0.3) is 0 Å². The van der Waals surface area contributed by atoms with Crippen LogP contribution in [0.15, 0.2) is 121 Å². The molecule has 36 heavy (non-hydrogen) atoms. The van der Waals surface area contributed by atoms with Gasteiger partial charge in [0.2, 0.25) is 0 Å². The number of hydrogen-bond donors (Lipinski definition) is 0. The predicted molar refractivity (Wildman–Crippen MR) is 150 cm³/mol. The number of rotatable bonds is 12. The summed E-state index contributed by atoms with van der Waals surface area (Å²) in [5.74, 6) is 0.441. The number of aliphatic imine (C=N–C) groups is 2. The fourth-order valence-corrected chi connectivity index (χ4v) is 3.39. The van der Waals surface area contributed by atoms with Gasteiger partial charge in [-0.3, -0.25) is 9.98 Å². The predicted octanol–water partition coefficient (Wildman–Crippen LogP) is 6.45. The van der Waals surface area contributed by atoms with Crippen LogP contribution in [0, 0.1) is 17.1 Å². The van der Waals surface area contributed by atoms with Gasteiger partial charge in [-0.05, 0) is 72.8 Å². The average molecular weight is 482 g/mol. The Morgan fingerprint density at radius 3 is 2.14 bits per heavy atom. The highest BCUT2D eigenvalue weighted by molar-refractivity contribution is 6.00. The van der Waals surface area contributed by atoms with E-state index in [2.05, 4.69) is 37.4 Å². The summed E-state index contributed by atoms with van der Waals surface area (Å²) in [6, 6.07) is 15.8. The number of nitrogens with zero attached hydrogens (tertiary/aromatic N) is 5. The van der Waals surface area contributed by atoms with E-state index in [9.17, 15) is 4.39 Å². The maximum absolute atomic E-state index is 13.7. The van der Waals surface area contributed by atoms with Gasteiger partial charge in [0.1, 0.15) is 11.7 Å². The molecule has 0 atom stereocenters. The number of nitriles is 1. The Hall–Kier alpha value is -4.50. The molecule has 6 heteroatoms. The number of benzene rings is 2. The van der Waals surface area contributed by atoms with Gasteiger partial charge in [-0.15, -0.1) is 0 Å². The minimum absolute atomic E-state index is 0.312. The lowest BCUT2D eigenvalue weighted by atomic mass is 10.1. The smallest absolute Gasteiger partial charge is 0.123 e. The Morgan fingerprint density at radius 1 is 0.972 bits per heavy atom. The summed E-state index contributed by atoms with van der Waals surface area (Å²) in [6.45, 7) is 18.8. The van der Waals surface area contributed by atoms with E-state index in [0.29, 0.717) is 36.6 Å². The molecular formula is C30H32FN5. The lowest BCUT2D eigenvalue weighted by molar-refractivity contribution is 0.543. The van der Waals surface area contributed by atoms with Crippen molar-refractivity contribution >= 4 is 17.2 Å². The Bertz CT molecular complexity index is 1210. The Morgan fingerprint density at radius 2 is 1.64 bits per heavy atom. The number of hydrogen-bond acceptors (Lipinski definition) is 4. The van der Waals surface area contributed by atoms with Crippen molar-refractivity contribution < 1.29 is 4.39 Å². The summed E-state index contributed by atoms with van der Waals surface area (Å²) in [7, 11) is 1.72. The van der Waals surface area contributed by atoms with E-state index >= 15 is 0 Å². The zero-order valence-corrected chi connectivity index (χ0v) is 21.0. The van der Waals surface area contributed by atoms with Crippen molar-refractivity contribution in [1.82, 2.24) is 4.90 Å². The van der Waals surface area contributed by atoms with Crippen LogP contribution in [0.1, 0.15) is 18.1 Å². The summed E-state index contributed by atoms with van der Waals surface area (Å²) in [6.07, 6.45) is 6.82. The fraction of sp³-hybridized carbons (Fsp3) is 0.167. The summed E-state index contributed by atoms with van der Waals surface area (Å²) < 4.78 is 13.7. The molecule has 0 saturated heterocycles. The molecule has 0 amide bonds. The maximum atomic E-state index is 13.7. The Balaban J connectivity index is 2.40. The number of anilines is 1. The molecule has 0 radical (unpaired) electrons. The van der Waals surface area contributed by atoms with Gasteiger partial charge in [-0.1, -0.05) is 44.5 Å². The third-order valence-corrected chi connectivity index (χ3v) is 5.53. The van der Waals surface area contributed by atoms with Gasteiger partial charge in [0.15, 0.2) is 0 Å². The molecular weight excluding hydrogens is 449 g/mol. The van der Waals surface area contributed by atoms with Crippen LogP contribution in [-0.4, -0.2) is 36.6 Å². The van der Waals surface area contributed by atoms with Gasteiger partial charge < -0.3 is 9.80 Å². The van der Waals surface area contributed by atoms with E-state index in [-0.39, 0.29) is 5.82 Å². The zero-order valence-electron chi connectivity index (χ0n) is 21.0. The standard InChI is InChI=1S/C30H32FN5/c1-7-23(5)29(9-3)34-27(8-2)21-36(28-17-15-26(31)16-18-28)22-30(33-6)35(10-4)20-25-13-11-24(19-32)12-14-25/h7-18H,1-4,20-22H2,5-6H3/b29-23+,33-30?,34-27?. The first-order valence-electron chi connectivity index (χ1n) is 11.4. The van der Waals surface area contributed by atoms with Crippen molar-refractivity contribution in [2.24, 2.45) is 9.98 Å². The summed E-state index contributed by atoms with van der Waals surface area (Å²) in [5, 5.41) is 9.06. The monoisotopic (exact) mass is 481 g/mol. The van der Waals surface area contributed by atoms with Gasteiger partial charge in [-0.2, -0.15) is 5.26 Å². The lowest BCUT2D eigenvalue weighted by Crippen LogP contribution is -2.40. The second-order valence-electron chi connectivity index (χ2n) is 7.88. The average Bonchev–Trinajstić information content (AvgIpc) is 2.92. The van der Waals surface area contributed by atoms with Crippen molar-refractivity contribution in [3.05, 3.63) is 127 Å². The highest BCUT2D eigenvalue weighted by Gasteiger charge is 2.17. The van der Waals surface area contributed by atoms with Crippen molar-refractivity contribution in [2.45, 2.75) is 13.5 Å². The van der Waals surface area contributed by atoms with E-state index in [4.69, 9.17) is 10.3 Å². The largest absolute Gasteiger partial charge is 0.358 e. The van der Waals surface area contributed by atoms with Gasteiger partial charge in [0.05, 0.1) is 36.1 Å². The third-order valence-electron chi connectivity index (χ3n) is 5.53. The molecule has 0 aromatic heterocycles. The molecule has 0 spiro atoms. The first kappa shape index (κ1) is 27.7. The van der Waals surface area contributed by atoms with E-state index in [1.165, 1.54) is 12.1 Å². The molecule has 2 aromatic carbocycles. The number of halogens is 1. The molecule has 5 nitrogen and oxygen atoms in total. The van der Waals surface area contributed by atoms with Gasteiger partial charge >= 0.3 is 0 Å². The minimum Gasteiger partial charge on any atom is -0.358 e. The molecule has 0 aliphatic rings. The Kier molecular flexibility index (Phi) is 10.8. The molecule has 0 unspecified atom stereocenters. The molecule has 0 N–H and O–H groups in total. The van der Waals surface area contributed by atoms with Crippen LogP contribution in [0.3, 0.4) is 0 Å². The maximum Gasteiger partial charge on any atom is 0.123 e. The van der Waals surface area contributed by atoms with Gasteiger partial charge in [0.25, 0.3) is 0 Å². The molecule has 0 aliphatic carbocycles. The molecule has 0 fully saturated rings. The molecule has 0 aliphatic heterocycles. The van der Waals surface area contributed by atoms with Crippen LogP contribution < -0.4 is 4.90 Å². The van der Waals surface area contributed by atoms with Crippen LogP contribution in [0.2, 0.25) is 0 Å². The van der Waals surface area contributed by atoms with E-state index in [1.807, 2.05) is 28.9 Å². The summed E-state index contributed by atoms with van der Waals surface area (Å²) in [4.78, 5) is 13.2. The van der Waals surface area contributed by atoms with E-state index in [0.717, 1.165) is 22.7 Å². The lowest BCUT2D eigenvalue weighted by Gasteiger charge is -2.30. The second-order valence-corrected chi connectivity index (χ2v) is 7.88. The van der Waals surface area contributed by atoms with Crippen LogP contribution in [0.5, 0.6) is 0 Å². The summed E-state index contributed by atoms with van der Waals surface area (Å²) >= 11 is 0. The minimum atomic E-state index is -0.312. The molecule has 0 heterocycles.